The lowest BCUT2D eigenvalue weighted by atomic mass is 10.2. The second-order valence-corrected chi connectivity index (χ2v) is 7.42. The summed E-state index contributed by atoms with van der Waals surface area (Å²) >= 11 is 3.48. The van der Waals surface area contributed by atoms with Crippen molar-refractivity contribution in [1.82, 2.24) is 19.5 Å². The largest absolute Gasteiger partial charge is 0.463 e. The SMILES string of the molecule is CCC(C(=O)NCc1ccccc1Br)n1nc(C)n2c(cc3occc32)c1=O. The second-order valence-electron chi connectivity index (χ2n) is 6.57. The standard InChI is InChI=1S/C20H19BrN4O3/c1-3-15(19(26)22-11-13-6-4-5-7-14(13)21)25-20(27)17-10-18-16(8-9-28-18)24(17)12(2)23-25/h4-10,15H,3,11H2,1-2H3,(H,22,26). The van der Waals surface area contributed by atoms with Crippen molar-refractivity contribution < 1.29 is 9.21 Å². The summed E-state index contributed by atoms with van der Waals surface area (Å²) in [5, 5.41) is 7.33. The van der Waals surface area contributed by atoms with Gasteiger partial charge in [-0.05, 0) is 25.0 Å². The predicted octanol–water partition coefficient (Wildman–Crippen LogP) is 3.58. The van der Waals surface area contributed by atoms with Gasteiger partial charge in [0.1, 0.15) is 17.4 Å². The van der Waals surface area contributed by atoms with Gasteiger partial charge < -0.3 is 9.73 Å². The van der Waals surface area contributed by atoms with E-state index in [2.05, 4.69) is 26.3 Å². The third-order valence-electron chi connectivity index (χ3n) is 4.82. The molecule has 1 aromatic carbocycles. The van der Waals surface area contributed by atoms with Crippen molar-refractivity contribution >= 4 is 38.5 Å². The highest BCUT2D eigenvalue weighted by Gasteiger charge is 2.24. The van der Waals surface area contributed by atoms with Gasteiger partial charge in [0.25, 0.3) is 5.56 Å². The minimum Gasteiger partial charge on any atom is -0.463 e. The van der Waals surface area contributed by atoms with Gasteiger partial charge >= 0.3 is 0 Å². The van der Waals surface area contributed by atoms with Crippen LogP contribution in [0.25, 0.3) is 16.6 Å². The second kappa shape index (κ2) is 7.27. The van der Waals surface area contributed by atoms with Gasteiger partial charge in [0.2, 0.25) is 5.91 Å². The Morgan fingerprint density at radius 3 is 2.82 bits per heavy atom. The summed E-state index contributed by atoms with van der Waals surface area (Å²) in [5.74, 6) is 0.370. The smallest absolute Gasteiger partial charge is 0.291 e. The molecule has 0 bridgehead atoms. The summed E-state index contributed by atoms with van der Waals surface area (Å²) in [5.41, 5.74) is 2.49. The first-order chi connectivity index (χ1) is 13.5. The molecule has 0 aliphatic carbocycles. The van der Waals surface area contributed by atoms with Gasteiger partial charge in [-0.15, -0.1) is 0 Å². The van der Waals surface area contributed by atoms with Crippen molar-refractivity contribution in [3.8, 4) is 0 Å². The highest BCUT2D eigenvalue weighted by molar-refractivity contribution is 9.10. The van der Waals surface area contributed by atoms with Crippen LogP contribution in [-0.4, -0.2) is 20.1 Å². The molecular weight excluding hydrogens is 424 g/mol. The number of hydrogen-bond acceptors (Lipinski definition) is 4. The van der Waals surface area contributed by atoms with E-state index in [4.69, 9.17) is 4.42 Å². The molecule has 3 heterocycles. The number of aromatic nitrogens is 3. The van der Waals surface area contributed by atoms with Crippen LogP contribution in [0.4, 0.5) is 0 Å². The number of nitrogens with zero attached hydrogens (tertiary/aromatic N) is 3. The highest BCUT2D eigenvalue weighted by atomic mass is 79.9. The molecule has 144 valence electrons. The maximum absolute atomic E-state index is 13.0. The fraction of sp³-hybridized carbons (Fsp3) is 0.250. The van der Waals surface area contributed by atoms with Crippen LogP contribution in [0.3, 0.4) is 0 Å². The van der Waals surface area contributed by atoms with Gasteiger partial charge in [0.05, 0.1) is 11.8 Å². The Kier molecular flexibility index (Phi) is 4.80. The number of rotatable bonds is 5. The van der Waals surface area contributed by atoms with Crippen molar-refractivity contribution in [2.24, 2.45) is 0 Å². The number of amides is 1. The lowest BCUT2D eigenvalue weighted by Gasteiger charge is -2.18. The molecule has 3 aromatic heterocycles. The molecule has 7 nitrogen and oxygen atoms in total. The van der Waals surface area contributed by atoms with E-state index >= 15 is 0 Å². The predicted molar refractivity (Wildman–Crippen MR) is 109 cm³/mol. The average Bonchev–Trinajstić information content (AvgIpc) is 3.27. The fourth-order valence-corrected chi connectivity index (χ4v) is 3.84. The van der Waals surface area contributed by atoms with Crippen LogP contribution >= 0.6 is 15.9 Å². The first kappa shape index (κ1) is 18.5. The Labute approximate surface area is 169 Å². The molecule has 0 aliphatic heterocycles. The third-order valence-corrected chi connectivity index (χ3v) is 5.60. The van der Waals surface area contributed by atoms with E-state index in [9.17, 15) is 9.59 Å². The molecule has 0 aliphatic rings. The summed E-state index contributed by atoms with van der Waals surface area (Å²) < 4.78 is 9.36. The molecule has 0 saturated carbocycles. The zero-order valence-corrected chi connectivity index (χ0v) is 17.1. The van der Waals surface area contributed by atoms with Gasteiger partial charge in [-0.25, -0.2) is 4.68 Å². The normalized spacial score (nSPS) is 12.5. The monoisotopic (exact) mass is 442 g/mol. The van der Waals surface area contributed by atoms with Gasteiger partial charge in [0, 0.05) is 23.2 Å². The fourth-order valence-electron chi connectivity index (χ4n) is 3.42. The minimum absolute atomic E-state index is 0.244. The minimum atomic E-state index is -0.695. The van der Waals surface area contributed by atoms with E-state index in [0.29, 0.717) is 29.9 Å². The molecule has 8 heteroatoms. The van der Waals surface area contributed by atoms with Crippen LogP contribution in [0.15, 0.2) is 56.3 Å². The Bertz CT molecular complexity index is 1240. The number of carbonyl (C=O) groups is 1. The summed E-state index contributed by atoms with van der Waals surface area (Å²) in [4.78, 5) is 25.9. The van der Waals surface area contributed by atoms with Crippen molar-refractivity contribution in [1.29, 1.82) is 0 Å². The van der Waals surface area contributed by atoms with Crippen molar-refractivity contribution in [2.75, 3.05) is 0 Å². The number of fused-ring (bicyclic) bond motifs is 3. The maximum Gasteiger partial charge on any atom is 0.291 e. The number of halogens is 1. The number of hydrogen-bond donors (Lipinski definition) is 1. The number of furan rings is 1. The molecule has 0 radical (unpaired) electrons. The van der Waals surface area contributed by atoms with E-state index < -0.39 is 6.04 Å². The topological polar surface area (TPSA) is 81.5 Å². The molecule has 1 atom stereocenters. The summed E-state index contributed by atoms with van der Waals surface area (Å²) in [6.07, 6.45) is 2.02. The van der Waals surface area contributed by atoms with Crippen LogP contribution in [0.1, 0.15) is 30.8 Å². The molecule has 28 heavy (non-hydrogen) atoms. The molecular formula is C20H19BrN4O3. The van der Waals surface area contributed by atoms with Crippen LogP contribution in [0.5, 0.6) is 0 Å². The van der Waals surface area contributed by atoms with E-state index in [1.807, 2.05) is 31.2 Å². The lowest BCUT2D eigenvalue weighted by molar-refractivity contribution is -0.125. The third kappa shape index (κ3) is 3.03. The first-order valence-corrected chi connectivity index (χ1v) is 9.79. The highest BCUT2D eigenvalue weighted by Crippen LogP contribution is 2.21. The summed E-state index contributed by atoms with van der Waals surface area (Å²) in [7, 11) is 0. The van der Waals surface area contributed by atoms with Gasteiger partial charge in [-0.2, -0.15) is 5.10 Å². The summed E-state index contributed by atoms with van der Waals surface area (Å²) in [6.45, 7) is 4.03. The Hall–Kier alpha value is -2.87. The zero-order valence-electron chi connectivity index (χ0n) is 15.5. The van der Waals surface area contributed by atoms with Crippen LogP contribution in [-0.2, 0) is 11.3 Å². The molecule has 1 N–H and O–H groups in total. The molecule has 0 saturated heterocycles. The van der Waals surface area contributed by atoms with Crippen molar-refractivity contribution in [3.63, 3.8) is 0 Å². The van der Waals surface area contributed by atoms with Gasteiger partial charge in [0.15, 0.2) is 5.58 Å². The maximum atomic E-state index is 13.0. The van der Waals surface area contributed by atoms with E-state index in [1.54, 1.807) is 29.7 Å². The van der Waals surface area contributed by atoms with Crippen LogP contribution < -0.4 is 10.9 Å². The Balaban J connectivity index is 1.68. The van der Waals surface area contributed by atoms with E-state index in [-0.39, 0.29) is 11.5 Å². The number of aryl methyl sites for hydroxylation is 1. The number of benzene rings is 1. The Morgan fingerprint density at radius 1 is 1.29 bits per heavy atom. The molecule has 1 amide bonds. The van der Waals surface area contributed by atoms with Crippen molar-refractivity contribution in [2.45, 2.75) is 32.9 Å². The molecule has 4 aromatic rings. The van der Waals surface area contributed by atoms with Crippen LogP contribution in [0.2, 0.25) is 0 Å². The molecule has 4 rings (SSSR count). The van der Waals surface area contributed by atoms with Crippen molar-refractivity contribution in [3.05, 3.63) is 68.9 Å². The Morgan fingerprint density at radius 2 is 2.07 bits per heavy atom. The molecule has 0 fully saturated rings. The van der Waals surface area contributed by atoms with Gasteiger partial charge in [-0.3, -0.25) is 14.0 Å². The average molecular weight is 443 g/mol. The quantitative estimate of drug-likeness (QED) is 0.511. The summed E-state index contributed by atoms with van der Waals surface area (Å²) in [6, 6.07) is 10.5. The number of carbonyl (C=O) groups excluding carboxylic acids is 1. The molecule has 1 unspecified atom stereocenters. The molecule has 0 spiro atoms. The lowest BCUT2D eigenvalue weighted by Crippen LogP contribution is -2.39. The first-order valence-electron chi connectivity index (χ1n) is 9.00. The van der Waals surface area contributed by atoms with E-state index in [0.717, 1.165) is 15.6 Å². The van der Waals surface area contributed by atoms with Crippen LogP contribution in [0, 0.1) is 6.92 Å². The van der Waals surface area contributed by atoms with Gasteiger partial charge in [-0.1, -0.05) is 41.1 Å². The zero-order chi connectivity index (χ0) is 19.8. The number of nitrogens with one attached hydrogen (secondary N) is 1. The van der Waals surface area contributed by atoms with E-state index in [1.165, 1.54) is 4.68 Å².